The molecule has 108 valence electrons. The van der Waals surface area contributed by atoms with E-state index in [1.54, 1.807) is 0 Å². The summed E-state index contributed by atoms with van der Waals surface area (Å²) in [6.45, 7) is 3.96. The number of rotatable bonds is 4. The van der Waals surface area contributed by atoms with Gasteiger partial charge in [0.1, 0.15) is 5.54 Å². The Hall–Kier alpha value is -1.10. The molecule has 2 fully saturated rings. The van der Waals surface area contributed by atoms with Gasteiger partial charge in [0.2, 0.25) is 5.91 Å². The van der Waals surface area contributed by atoms with Gasteiger partial charge in [0.05, 0.1) is 0 Å². The van der Waals surface area contributed by atoms with Crippen molar-refractivity contribution in [2.75, 3.05) is 13.1 Å². The molecule has 3 N–H and O–H groups in total. The summed E-state index contributed by atoms with van der Waals surface area (Å²) in [6.07, 6.45) is 4.30. The molecule has 0 spiro atoms. The van der Waals surface area contributed by atoms with Gasteiger partial charge in [-0.25, -0.2) is 4.79 Å². The molecule has 2 rings (SSSR count). The zero-order valence-corrected chi connectivity index (χ0v) is 11.6. The second-order valence-corrected chi connectivity index (χ2v) is 6.18. The SMILES string of the molecule is CC1CCC(NC(=O)CC2CCNC2)(C(=O)O)CC1. The first-order valence-electron chi connectivity index (χ1n) is 7.27. The summed E-state index contributed by atoms with van der Waals surface area (Å²) in [5, 5.41) is 15.5. The lowest BCUT2D eigenvalue weighted by atomic mass is 9.77. The maximum Gasteiger partial charge on any atom is 0.329 e. The van der Waals surface area contributed by atoms with Gasteiger partial charge in [-0.3, -0.25) is 4.79 Å². The molecule has 1 aliphatic heterocycles. The molecule has 0 aromatic heterocycles. The molecule has 0 aromatic rings. The molecule has 1 atom stereocenters. The number of carbonyl (C=O) groups is 2. The number of carboxylic acid groups (broad SMARTS) is 1. The first-order valence-corrected chi connectivity index (χ1v) is 7.27. The van der Waals surface area contributed by atoms with Crippen molar-refractivity contribution in [1.29, 1.82) is 0 Å². The topological polar surface area (TPSA) is 78.4 Å². The van der Waals surface area contributed by atoms with Gasteiger partial charge >= 0.3 is 5.97 Å². The largest absolute Gasteiger partial charge is 0.480 e. The molecule has 5 heteroatoms. The number of hydrogen-bond donors (Lipinski definition) is 3. The summed E-state index contributed by atoms with van der Waals surface area (Å²) in [6, 6.07) is 0. The lowest BCUT2D eigenvalue weighted by molar-refractivity contribution is -0.149. The molecule has 1 saturated heterocycles. The van der Waals surface area contributed by atoms with Gasteiger partial charge in [-0.2, -0.15) is 0 Å². The second kappa shape index (κ2) is 5.90. The molecule has 1 aliphatic carbocycles. The Morgan fingerprint density at radius 3 is 2.53 bits per heavy atom. The lowest BCUT2D eigenvalue weighted by Crippen LogP contribution is -2.56. The van der Waals surface area contributed by atoms with Crippen LogP contribution in [0.4, 0.5) is 0 Å². The van der Waals surface area contributed by atoms with Crippen LogP contribution in [0.3, 0.4) is 0 Å². The molecule has 1 unspecified atom stereocenters. The molecular weight excluding hydrogens is 244 g/mol. The molecule has 5 nitrogen and oxygen atoms in total. The van der Waals surface area contributed by atoms with E-state index in [1.807, 2.05) is 0 Å². The molecule has 0 aromatic carbocycles. The van der Waals surface area contributed by atoms with Crippen molar-refractivity contribution in [3.8, 4) is 0 Å². The van der Waals surface area contributed by atoms with E-state index in [0.29, 0.717) is 31.1 Å². The predicted molar refractivity (Wildman–Crippen MR) is 71.7 cm³/mol. The van der Waals surface area contributed by atoms with Crippen LogP contribution in [0.1, 0.15) is 45.4 Å². The van der Waals surface area contributed by atoms with E-state index in [1.165, 1.54) is 0 Å². The number of carboxylic acids is 1. The highest BCUT2D eigenvalue weighted by atomic mass is 16.4. The van der Waals surface area contributed by atoms with Crippen molar-refractivity contribution >= 4 is 11.9 Å². The number of carbonyl (C=O) groups excluding carboxylic acids is 1. The highest BCUT2D eigenvalue weighted by molar-refractivity contribution is 5.87. The maximum absolute atomic E-state index is 12.1. The van der Waals surface area contributed by atoms with Crippen LogP contribution in [0.2, 0.25) is 0 Å². The van der Waals surface area contributed by atoms with Crippen molar-refractivity contribution < 1.29 is 14.7 Å². The number of nitrogens with one attached hydrogen (secondary N) is 2. The minimum absolute atomic E-state index is 0.106. The zero-order chi connectivity index (χ0) is 13.9. The normalized spacial score (nSPS) is 35.0. The molecular formula is C14H24N2O3. The summed E-state index contributed by atoms with van der Waals surface area (Å²) >= 11 is 0. The average Bonchev–Trinajstić information content (AvgIpc) is 2.84. The molecule has 0 radical (unpaired) electrons. The monoisotopic (exact) mass is 268 g/mol. The van der Waals surface area contributed by atoms with Crippen LogP contribution in [-0.4, -0.2) is 35.6 Å². The zero-order valence-electron chi connectivity index (χ0n) is 11.6. The summed E-state index contributed by atoms with van der Waals surface area (Å²) in [4.78, 5) is 23.6. The average molecular weight is 268 g/mol. The Balaban J connectivity index is 1.92. The van der Waals surface area contributed by atoms with Crippen LogP contribution < -0.4 is 10.6 Å². The number of hydrogen-bond acceptors (Lipinski definition) is 3. The predicted octanol–water partition coefficient (Wildman–Crippen LogP) is 1.14. The number of aliphatic carboxylic acids is 1. The molecule has 1 saturated carbocycles. The second-order valence-electron chi connectivity index (χ2n) is 6.18. The fraction of sp³-hybridized carbons (Fsp3) is 0.857. The van der Waals surface area contributed by atoms with Gasteiger partial charge in [0.25, 0.3) is 0 Å². The Morgan fingerprint density at radius 1 is 1.32 bits per heavy atom. The fourth-order valence-electron chi connectivity index (χ4n) is 3.12. The molecule has 0 bridgehead atoms. The Labute approximate surface area is 114 Å². The minimum Gasteiger partial charge on any atom is -0.480 e. The van der Waals surface area contributed by atoms with Crippen molar-refractivity contribution in [1.82, 2.24) is 10.6 Å². The van der Waals surface area contributed by atoms with Gasteiger partial charge in [-0.1, -0.05) is 6.92 Å². The van der Waals surface area contributed by atoms with Crippen molar-refractivity contribution in [2.24, 2.45) is 11.8 Å². The van der Waals surface area contributed by atoms with Crippen molar-refractivity contribution in [2.45, 2.75) is 51.0 Å². The van der Waals surface area contributed by atoms with Crippen LogP contribution in [-0.2, 0) is 9.59 Å². The summed E-state index contributed by atoms with van der Waals surface area (Å²) in [5.74, 6) is -0.0697. The third-order valence-electron chi connectivity index (χ3n) is 4.55. The Morgan fingerprint density at radius 2 is 2.00 bits per heavy atom. The lowest BCUT2D eigenvalue weighted by Gasteiger charge is -2.36. The van der Waals surface area contributed by atoms with Gasteiger partial charge in [-0.05, 0) is 57.0 Å². The van der Waals surface area contributed by atoms with E-state index in [4.69, 9.17) is 0 Å². The smallest absolute Gasteiger partial charge is 0.329 e. The van der Waals surface area contributed by atoms with E-state index < -0.39 is 11.5 Å². The first kappa shape index (κ1) is 14.3. The van der Waals surface area contributed by atoms with Crippen LogP contribution >= 0.6 is 0 Å². The molecule has 1 heterocycles. The number of amides is 1. The van der Waals surface area contributed by atoms with E-state index in [9.17, 15) is 14.7 Å². The van der Waals surface area contributed by atoms with E-state index in [-0.39, 0.29) is 5.91 Å². The Bertz CT molecular complexity index is 343. The third-order valence-corrected chi connectivity index (χ3v) is 4.55. The molecule has 2 aliphatic rings. The van der Waals surface area contributed by atoms with Gasteiger partial charge in [0, 0.05) is 6.42 Å². The van der Waals surface area contributed by atoms with Gasteiger partial charge < -0.3 is 15.7 Å². The molecule has 1 amide bonds. The van der Waals surface area contributed by atoms with Crippen LogP contribution in [0.15, 0.2) is 0 Å². The summed E-state index contributed by atoms with van der Waals surface area (Å²) in [5.41, 5.74) is -1.02. The van der Waals surface area contributed by atoms with E-state index in [2.05, 4.69) is 17.6 Å². The minimum atomic E-state index is -1.02. The van der Waals surface area contributed by atoms with Crippen LogP contribution in [0, 0.1) is 11.8 Å². The van der Waals surface area contributed by atoms with Gasteiger partial charge in [-0.15, -0.1) is 0 Å². The van der Waals surface area contributed by atoms with Crippen molar-refractivity contribution in [3.05, 3.63) is 0 Å². The van der Waals surface area contributed by atoms with Crippen LogP contribution in [0.5, 0.6) is 0 Å². The highest BCUT2D eigenvalue weighted by Gasteiger charge is 2.42. The van der Waals surface area contributed by atoms with Gasteiger partial charge in [0.15, 0.2) is 0 Å². The Kier molecular flexibility index (Phi) is 4.45. The van der Waals surface area contributed by atoms with E-state index in [0.717, 1.165) is 32.4 Å². The standard InChI is InChI=1S/C14H24N2O3/c1-10-2-5-14(6-3-10,13(18)19)16-12(17)8-11-4-7-15-9-11/h10-11,15H,2-9H2,1H3,(H,16,17)(H,18,19). The summed E-state index contributed by atoms with van der Waals surface area (Å²) in [7, 11) is 0. The highest BCUT2D eigenvalue weighted by Crippen LogP contribution is 2.32. The fourth-order valence-corrected chi connectivity index (χ4v) is 3.12. The maximum atomic E-state index is 12.1. The van der Waals surface area contributed by atoms with Crippen LogP contribution in [0.25, 0.3) is 0 Å². The molecule has 19 heavy (non-hydrogen) atoms. The first-order chi connectivity index (χ1) is 9.02. The van der Waals surface area contributed by atoms with Crippen molar-refractivity contribution in [3.63, 3.8) is 0 Å². The summed E-state index contributed by atoms with van der Waals surface area (Å²) < 4.78 is 0. The quantitative estimate of drug-likeness (QED) is 0.714. The third kappa shape index (κ3) is 3.47. The van der Waals surface area contributed by atoms with E-state index >= 15 is 0 Å².